The van der Waals surface area contributed by atoms with Gasteiger partial charge in [0, 0.05) is 4.88 Å². The Labute approximate surface area is 80.4 Å². The van der Waals surface area contributed by atoms with Gasteiger partial charge in [-0.15, -0.1) is 11.3 Å². The van der Waals surface area contributed by atoms with Gasteiger partial charge in [0.15, 0.2) is 0 Å². The van der Waals surface area contributed by atoms with E-state index in [-0.39, 0.29) is 5.92 Å². The largest absolute Gasteiger partial charge is 0.481 e. The number of nitrogens with zero attached hydrogens (tertiary/aromatic N) is 1. The van der Waals surface area contributed by atoms with Crippen LogP contribution in [0.3, 0.4) is 0 Å². The third kappa shape index (κ3) is 1.46. The summed E-state index contributed by atoms with van der Waals surface area (Å²) in [5.74, 6) is -0.641. The lowest BCUT2D eigenvalue weighted by Gasteiger charge is -2.22. The van der Waals surface area contributed by atoms with Gasteiger partial charge >= 0.3 is 5.97 Å². The van der Waals surface area contributed by atoms with Gasteiger partial charge < -0.3 is 5.11 Å². The van der Waals surface area contributed by atoms with Crippen molar-refractivity contribution in [2.24, 2.45) is 5.92 Å². The van der Waals surface area contributed by atoms with Crippen molar-refractivity contribution in [1.29, 1.82) is 0 Å². The molecule has 1 aliphatic carbocycles. The average Bonchev–Trinajstić information content (AvgIpc) is 2.49. The Bertz CT molecular complexity index is 334. The Morgan fingerprint density at radius 2 is 2.54 bits per heavy atom. The first-order valence-corrected chi connectivity index (χ1v) is 5.21. The van der Waals surface area contributed by atoms with Crippen molar-refractivity contribution in [3.8, 4) is 0 Å². The molecule has 0 aliphatic heterocycles. The number of carboxylic acids is 1. The lowest BCUT2D eigenvalue weighted by molar-refractivity contribution is -0.139. The van der Waals surface area contributed by atoms with Crippen molar-refractivity contribution in [3.63, 3.8) is 0 Å². The minimum absolute atomic E-state index is 0.370. The highest BCUT2D eigenvalue weighted by Crippen LogP contribution is 2.35. The van der Waals surface area contributed by atoms with Gasteiger partial charge in [-0.3, -0.25) is 4.79 Å². The van der Waals surface area contributed by atoms with Crippen LogP contribution in [-0.4, -0.2) is 16.1 Å². The van der Waals surface area contributed by atoms with Gasteiger partial charge in [-0.2, -0.15) is 0 Å². The molecule has 0 bridgehead atoms. The normalized spacial score (nSPS) is 26.8. The number of aromatic nitrogens is 1. The summed E-state index contributed by atoms with van der Waals surface area (Å²) < 4.78 is 0. The number of fused-ring (bicyclic) bond motifs is 1. The molecule has 0 amide bonds. The van der Waals surface area contributed by atoms with Gasteiger partial charge in [0.25, 0.3) is 0 Å². The monoisotopic (exact) mass is 197 g/mol. The second-order valence-corrected chi connectivity index (χ2v) is 4.54. The van der Waals surface area contributed by atoms with Gasteiger partial charge in [0.2, 0.25) is 0 Å². The molecular formula is C9H11NO2S. The van der Waals surface area contributed by atoms with Crippen molar-refractivity contribution < 1.29 is 9.90 Å². The smallest absolute Gasteiger partial charge is 0.312 e. The molecule has 2 atom stereocenters. The number of rotatable bonds is 1. The Balaban J connectivity index is 2.38. The first-order chi connectivity index (χ1) is 6.18. The molecule has 13 heavy (non-hydrogen) atoms. The summed E-state index contributed by atoms with van der Waals surface area (Å²) in [5.41, 5.74) is 2.55. The molecule has 0 spiro atoms. The first-order valence-electron chi connectivity index (χ1n) is 4.33. The van der Waals surface area contributed by atoms with Gasteiger partial charge in [0.1, 0.15) is 5.92 Å². The molecule has 0 fully saturated rings. The zero-order valence-electron chi connectivity index (χ0n) is 7.36. The number of carbonyl (C=O) groups is 1. The van der Waals surface area contributed by atoms with Crippen LogP contribution in [0.1, 0.15) is 29.8 Å². The molecule has 1 aromatic heterocycles. The summed E-state index contributed by atoms with van der Waals surface area (Å²) in [4.78, 5) is 16.2. The highest BCUT2D eigenvalue weighted by Gasteiger charge is 2.31. The van der Waals surface area contributed by atoms with Crippen LogP contribution in [0.2, 0.25) is 0 Å². The van der Waals surface area contributed by atoms with Crippen LogP contribution in [-0.2, 0) is 11.2 Å². The predicted octanol–water partition coefficient (Wildman–Crippen LogP) is 1.89. The maximum atomic E-state index is 10.9. The van der Waals surface area contributed by atoms with E-state index < -0.39 is 5.97 Å². The first kappa shape index (κ1) is 8.69. The van der Waals surface area contributed by atoms with Gasteiger partial charge in [0.05, 0.1) is 11.2 Å². The summed E-state index contributed by atoms with van der Waals surface area (Å²) >= 11 is 1.58. The van der Waals surface area contributed by atoms with Gasteiger partial charge in [-0.25, -0.2) is 4.98 Å². The summed E-state index contributed by atoms with van der Waals surface area (Å²) in [7, 11) is 0. The Hall–Kier alpha value is -0.900. The molecule has 4 heteroatoms. The lowest BCUT2D eigenvalue weighted by Crippen LogP contribution is -2.22. The number of hydrogen-bond donors (Lipinski definition) is 1. The van der Waals surface area contributed by atoms with E-state index in [1.807, 2.05) is 0 Å². The van der Waals surface area contributed by atoms with Crippen molar-refractivity contribution >= 4 is 17.3 Å². The van der Waals surface area contributed by atoms with Crippen LogP contribution in [0.4, 0.5) is 0 Å². The van der Waals surface area contributed by atoms with E-state index >= 15 is 0 Å². The van der Waals surface area contributed by atoms with E-state index in [0.717, 1.165) is 23.4 Å². The average molecular weight is 197 g/mol. The molecule has 2 unspecified atom stereocenters. The van der Waals surface area contributed by atoms with Crippen LogP contribution in [0, 0.1) is 5.92 Å². The number of thiazole rings is 1. The molecule has 0 saturated heterocycles. The molecule has 0 saturated carbocycles. The van der Waals surface area contributed by atoms with Crippen LogP contribution < -0.4 is 0 Å². The summed E-state index contributed by atoms with van der Waals surface area (Å²) in [6, 6.07) is 0. The third-order valence-corrected chi connectivity index (χ3v) is 3.34. The highest BCUT2D eigenvalue weighted by atomic mass is 32.1. The standard InChI is InChI=1S/C9H11NO2S/c1-5-2-6(9(11)12)8-7(3-5)13-4-10-8/h4-6H,2-3H2,1H3,(H,11,12). The second kappa shape index (κ2) is 3.10. The van der Waals surface area contributed by atoms with Gasteiger partial charge in [-0.1, -0.05) is 6.92 Å². The predicted molar refractivity (Wildman–Crippen MR) is 50.0 cm³/mol. The van der Waals surface area contributed by atoms with Crippen molar-refractivity contribution in [2.45, 2.75) is 25.7 Å². The molecule has 1 aliphatic rings. The van der Waals surface area contributed by atoms with Gasteiger partial charge in [-0.05, 0) is 18.8 Å². The van der Waals surface area contributed by atoms with Crippen LogP contribution in [0.25, 0.3) is 0 Å². The van der Waals surface area contributed by atoms with E-state index in [1.165, 1.54) is 0 Å². The Morgan fingerprint density at radius 1 is 1.77 bits per heavy atom. The Kier molecular flexibility index (Phi) is 2.07. The highest BCUT2D eigenvalue weighted by molar-refractivity contribution is 7.09. The Morgan fingerprint density at radius 3 is 3.23 bits per heavy atom. The van der Waals surface area contributed by atoms with Crippen LogP contribution in [0.15, 0.2) is 5.51 Å². The third-order valence-electron chi connectivity index (χ3n) is 2.47. The van der Waals surface area contributed by atoms with Crippen molar-refractivity contribution in [3.05, 3.63) is 16.1 Å². The van der Waals surface area contributed by atoms with Crippen LogP contribution in [0.5, 0.6) is 0 Å². The summed E-state index contributed by atoms with van der Waals surface area (Å²) in [6.45, 7) is 2.10. The summed E-state index contributed by atoms with van der Waals surface area (Å²) in [5, 5.41) is 8.99. The van der Waals surface area contributed by atoms with E-state index in [9.17, 15) is 4.79 Å². The van der Waals surface area contributed by atoms with Crippen molar-refractivity contribution in [1.82, 2.24) is 4.98 Å². The lowest BCUT2D eigenvalue weighted by atomic mass is 9.84. The topological polar surface area (TPSA) is 50.2 Å². The van der Waals surface area contributed by atoms with Crippen molar-refractivity contribution in [2.75, 3.05) is 0 Å². The fourth-order valence-corrected chi connectivity index (χ4v) is 2.84. The van der Waals surface area contributed by atoms with E-state index in [4.69, 9.17) is 5.11 Å². The number of carboxylic acid groups (broad SMARTS) is 1. The molecule has 2 rings (SSSR count). The minimum atomic E-state index is -0.737. The van der Waals surface area contributed by atoms with Crippen LogP contribution >= 0.6 is 11.3 Å². The zero-order valence-corrected chi connectivity index (χ0v) is 8.17. The van der Waals surface area contributed by atoms with E-state index in [1.54, 1.807) is 16.8 Å². The minimum Gasteiger partial charge on any atom is -0.481 e. The molecule has 0 radical (unpaired) electrons. The zero-order chi connectivity index (χ0) is 9.42. The molecule has 1 heterocycles. The van der Waals surface area contributed by atoms with E-state index in [0.29, 0.717) is 5.92 Å². The maximum Gasteiger partial charge on any atom is 0.312 e. The second-order valence-electron chi connectivity index (χ2n) is 3.60. The fraction of sp³-hybridized carbons (Fsp3) is 0.556. The quantitative estimate of drug-likeness (QED) is 0.748. The number of aliphatic carboxylic acids is 1. The molecule has 1 aromatic rings. The fourth-order valence-electron chi connectivity index (χ4n) is 1.85. The van der Waals surface area contributed by atoms with E-state index in [2.05, 4.69) is 11.9 Å². The molecule has 3 nitrogen and oxygen atoms in total. The molecular weight excluding hydrogens is 186 g/mol. The maximum absolute atomic E-state index is 10.9. The summed E-state index contributed by atoms with van der Waals surface area (Å²) in [6.07, 6.45) is 1.72. The molecule has 0 aromatic carbocycles. The SMILES string of the molecule is CC1Cc2scnc2C(C(=O)O)C1. The number of hydrogen-bond acceptors (Lipinski definition) is 3. The molecule has 70 valence electrons. The molecule has 1 N–H and O–H groups in total.